The minimum Gasteiger partial charge on any atom is -0.322 e. The molecule has 0 saturated carbocycles. The van der Waals surface area contributed by atoms with Crippen molar-refractivity contribution in [2.24, 2.45) is 11.7 Å². The van der Waals surface area contributed by atoms with Crippen molar-refractivity contribution in [3.05, 3.63) is 53.1 Å². The lowest BCUT2D eigenvalue weighted by atomic mass is 9.68. The molecule has 2 heteroatoms. The fourth-order valence-electron chi connectivity index (χ4n) is 4.03. The largest absolute Gasteiger partial charge is 0.322 e. The average molecular weight is 295 g/mol. The number of nitrogens with two attached hydrogens (primary N) is 1. The van der Waals surface area contributed by atoms with Crippen LogP contribution >= 0.6 is 0 Å². The second-order valence-corrected chi connectivity index (χ2v) is 7.06. The summed E-state index contributed by atoms with van der Waals surface area (Å²) in [5, 5.41) is 0. The molecular weight excluding hydrogens is 270 g/mol. The van der Waals surface area contributed by atoms with E-state index in [9.17, 15) is 4.79 Å². The van der Waals surface area contributed by atoms with E-state index >= 15 is 0 Å². The third kappa shape index (κ3) is 2.80. The first-order chi connectivity index (χ1) is 10.5. The molecule has 0 spiro atoms. The summed E-state index contributed by atoms with van der Waals surface area (Å²) < 4.78 is 0. The first-order valence-corrected chi connectivity index (χ1v) is 8.26. The molecule has 2 N–H and O–H groups in total. The van der Waals surface area contributed by atoms with Gasteiger partial charge in [-0.3, -0.25) is 4.79 Å². The predicted octanol–water partition coefficient (Wildman–Crippen LogP) is 4.51. The molecule has 0 saturated heterocycles. The standard InChI is InChI=1S/C20H25NO/c1-14(16-7-5-15(13-22)6-8-16)18-10-9-17-4-3-11-20(2,21)19(17)12-18/h5-8,13,18H,1,3-4,9-12,21H2,2H3. The zero-order valence-electron chi connectivity index (χ0n) is 13.4. The van der Waals surface area contributed by atoms with Gasteiger partial charge in [-0.15, -0.1) is 0 Å². The molecule has 2 aliphatic carbocycles. The second kappa shape index (κ2) is 5.85. The quantitative estimate of drug-likeness (QED) is 0.658. The minimum absolute atomic E-state index is 0.131. The maximum absolute atomic E-state index is 10.8. The van der Waals surface area contributed by atoms with Crippen LogP contribution in [0.2, 0.25) is 0 Å². The van der Waals surface area contributed by atoms with Crippen LogP contribution in [-0.2, 0) is 0 Å². The molecule has 3 rings (SSSR count). The Hall–Kier alpha value is -1.67. The van der Waals surface area contributed by atoms with Crippen molar-refractivity contribution in [1.29, 1.82) is 0 Å². The molecule has 22 heavy (non-hydrogen) atoms. The van der Waals surface area contributed by atoms with E-state index in [1.54, 1.807) is 5.57 Å². The maximum atomic E-state index is 10.8. The molecule has 0 aromatic heterocycles. The SMILES string of the molecule is C=C(c1ccc(C=O)cc1)C1CCC2=C(C1)C(C)(N)CCC2. The predicted molar refractivity (Wildman–Crippen MR) is 91.7 cm³/mol. The molecule has 0 radical (unpaired) electrons. The Morgan fingerprint density at radius 1 is 1.32 bits per heavy atom. The summed E-state index contributed by atoms with van der Waals surface area (Å²) in [6, 6.07) is 7.76. The first kappa shape index (κ1) is 15.2. The highest BCUT2D eigenvalue weighted by atomic mass is 16.1. The van der Waals surface area contributed by atoms with Crippen molar-refractivity contribution in [2.75, 3.05) is 0 Å². The zero-order valence-corrected chi connectivity index (χ0v) is 13.4. The summed E-state index contributed by atoms with van der Waals surface area (Å²) >= 11 is 0. The topological polar surface area (TPSA) is 43.1 Å². The highest BCUT2D eigenvalue weighted by Crippen LogP contribution is 2.45. The van der Waals surface area contributed by atoms with Gasteiger partial charge in [0.15, 0.2) is 0 Å². The van der Waals surface area contributed by atoms with Gasteiger partial charge in [-0.2, -0.15) is 0 Å². The van der Waals surface area contributed by atoms with Crippen molar-refractivity contribution in [3.63, 3.8) is 0 Å². The van der Waals surface area contributed by atoms with Crippen LogP contribution in [0.1, 0.15) is 61.4 Å². The van der Waals surface area contributed by atoms with Gasteiger partial charge in [-0.25, -0.2) is 0 Å². The molecule has 2 atom stereocenters. The molecule has 0 heterocycles. The van der Waals surface area contributed by atoms with Gasteiger partial charge in [0, 0.05) is 11.1 Å². The molecule has 0 amide bonds. The Kier molecular flexibility index (Phi) is 4.05. The number of rotatable bonds is 3. The molecule has 116 valence electrons. The van der Waals surface area contributed by atoms with Crippen molar-refractivity contribution in [1.82, 2.24) is 0 Å². The Morgan fingerprint density at radius 2 is 2.05 bits per heavy atom. The van der Waals surface area contributed by atoms with Crippen LogP contribution in [0, 0.1) is 5.92 Å². The van der Waals surface area contributed by atoms with Gasteiger partial charge in [0.25, 0.3) is 0 Å². The molecule has 2 aliphatic rings. The lowest BCUT2D eigenvalue weighted by Crippen LogP contribution is -2.42. The third-order valence-corrected chi connectivity index (χ3v) is 5.45. The minimum atomic E-state index is -0.131. The number of aldehydes is 1. The van der Waals surface area contributed by atoms with Gasteiger partial charge in [0.1, 0.15) is 6.29 Å². The fraction of sp³-hybridized carbons (Fsp3) is 0.450. The van der Waals surface area contributed by atoms with Gasteiger partial charge >= 0.3 is 0 Å². The van der Waals surface area contributed by atoms with E-state index in [1.165, 1.54) is 30.4 Å². The van der Waals surface area contributed by atoms with Crippen LogP contribution in [0.5, 0.6) is 0 Å². The molecule has 2 unspecified atom stereocenters. The van der Waals surface area contributed by atoms with Gasteiger partial charge in [-0.1, -0.05) is 42.0 Å². The van der Waals surface area contributed by atoms with Crippen molar-refractivity contribution < 1.29 is 4.79 Å². The summed E-state index contributed by atoms with van der Waals surface area (Å²) in [6.45, 7) is 6.52. The summed E-state index contributed by atoms with van der Waals surface area (Å²) in [4.78, 5) is 10.8. The fourth-order valence-corrected chi connectivity index (χ4v) is 4.03. The van der Waals surface area contributed by atoms with Gasteiger partial charge in [0.2, 0.25) is 0 Å². The molecule has 2 nitrogen and oxygen atoms in total. The molecule has 1 aromatic carbocycles. The van der Waals surface area contributed by atoms with Crippen LogP contribution in [0.25, 0.3) is 5.57 Å². The van der Waals surface area contributed by atoms with E-state index in [0.717, 1.165) is 31.1 Å². The van der Waals surface area contributed by atoms with E-state index in [0.29, 0.717) is 11.5 Å². The first-order valence-electron chi connectivity index (χ1n) is 8.26. The summed E-state index contributed by atoms with van der Waals surface area (Å²) in [6.07, 6.45) is 7.82. The van der Waals surface area contributed by atoms with E-state index in [1.807, 2.05) is 24.3 Å². The highest BCUT2D eigenvalue weighted by Gasteiger charge is 2.35. The normalized spacial score (nSPS) is 28.2. The van der Waals surface area contributed by atoms with E-state index in [2.05, 4.69) is 13.5 Å². The van der Waals surface area contributed by atoms with Crippen LogP contribution in [0.15, 0.2) is 42.0 Å². The number of carbonyl (C=O) groups is 1. The van der Waals surface area contributed by atoms with E-state index in [4.69, 9.17) is 5.73 Å². The maximum Gasteiger partial charge on any atom is 0.150 e. The van der Waals surface area contributed by atoms with E-state index in [-0.39, 0.29) is 5.54 Å². The molecular formula is C20H25NO. The van der Waals surface area contributed by atoms with Crippen molar-refractivity contribution >= 4 is 11.9 Å². The Morgan fingerprint density at radius 3 is 2.73 bits per heavy atom. The Balaban J connectivity index is 1.80. The average Bonchev–Trinajstić information content (AvgIpc) is 2.54. The number of allylic oxidation sites excluding steroid dienone is 2. The monoisotopic (exact) mass is 295 g/mol. The summed E-state index contributed by atoms with van der Waals surface area (Å²) in [5.74, 6) is 0.474. The second-order valence-electron chi connectivity index (χ2n) is 7.06. The van der Waals surface area contributed by atoms with E-state index < -0.39 is 0 Å². The van der Waals surface area contributed by atoms with Gasteiger partial charge in [-0.05, 0) is 62.5 Å². The molecule has 0 fully saturated rings. The highest BCUT2D eigenvalue weighted by molar-refractivity contribution is 5.76. The lowest BCUT2D eigenvalue weighted by Gasteiger charge is -2.40. The number of benzene rings is 1. The molecule has 1 aromatic rings. The lowest BCUT2D eigenvalue weighted by molar-refractivity contribution is 0.112. The summed E-state index contributed by atoms with van der Waals surface area (Å²) in [7, 11) is 0. The Labute approximate surface area is 133 Å². The van der Waals surface area contributed by atoms with Crippen LogP contribution in [0.3, 0.4) is 0 Å². The van der Waals surface area contributed by atoms with Crippen molar-refractivity contribution in [3.8, 4) is 0 Å². The number of hydrogen-bond donors (Lipinski definition) is 1. The van der Waals surface area contributed by atoms with Gasteiger partial charge in [0.05, 0.1) is 0 Å². The van der Waals surface area contributed by atoms with Crippen LogP contribution in [0.4, 0.5) is 0 Å². The molecule has 0 aliphatic heterocycles. The smallest absolute Gasteiger partial charge is 0.150 e. The van der Waals surface area contributed by atoms with Gasteiger partial charge < -0.3 is 5.73 Å². The summed E-state index contributed by atoms with van der Waals surface area (Å²) in [5.41, 5.74) is 12.6. The zero-order chi connectivity index (χ0) is 15.7. The molecule has 0 bridgehead atoms. The van der Waals surface area contributed by atoms with Crippen LogP contribution < -0.4 is 5.73 Å². The number of hydrogen-bond acceptors (Lipinski definition) is 2. The Bertz CT molecular complexity index is 622. The third-order valence-electron chi connectivity index (χ3n) is 5.45. The van der Waals surface area contributed by atoms with Crippen LogP contribution in [-0.4, -0.2) is 11.8 Å². The van der Waals surface area contributed by atoms with Crippen molar-refractivity contribution in [2.45, 2.75) is 51.0 Å². The number of carbonyl (C=O) groups excluding carboxylic acids is 1.